The zero-order chi connectivity index (χ0) is 42.1. The quantitative estimate of drug-likeness (QED) is 0.0348. The van der Waals surface area contributed by atoms with Crippen molar-refractivity contribution in [2.45, 2.75) is 258 Å². The number of hydrogen-bond donors (Lipinski definition) is 0. The van der Waals surface area contributed by atoms with Crippen LogP contribution in [0.4, 0.5) is 0 Å². The lowest BCUT2D eigenvalue weighted by Crippen LogP contribution is -2.30. The Morgan fingerprint density at radius 2 is 0.776 bits per heavy atom. The van der Waals surface area contributed by atoms with Crippen LogP contribution in [-0.4, -0.2) is 37.9 Å². The minimum Gasteiger partial charge on any atom is -0.462 e. The zero-order valence-corrected chi connectivity index (χ0v) is 38.8. The number of rotatable bonds is 46. The Morgan fingerprint density at radius 1 is 0.397 bits per heavy atom. The predicted molar refractivity (Wildman–Crippen MR) is 251 cm³/mol. The molecule has 0 saturated carbocycles. The van der Waals surface area contributed by atoms with Crippen LogP contribution < -0.4 is 0 Å². The molecule has 0 aliphatic carbocycles. The van der Waals surface area contributed by atoms with Gasteiger partial charge in [-0.05, 0) is 44.9 Å². The fourth-order valence-electron chi connectivity index (χ4n) is 7.17. The molecule has 0 radical (unpaired) electrons. The van der Waals surface area contributed by atoms with Gasteiger partial charge in [0.25, 0.3) is 0 Å². The van der Waals surface area contributed by atoms with E-state index in [1.54, 1.807) is 0 Å². The highest BCUT2D eigenvalue weighted by molar-refractivity contribution is 5.70. The number of hydrogen-bond acceptors (Lipinski definition) is 5. The number of carbonyl (C=O) groups is 2. The molecule has 0 spiro atoms. The first-order valence-electron chi connectivity index (χ1n) is 25.2. The summed E-state index contributed by atoms with van der Waals surface area (Å²) in [6, 6.07) is 0. The lowest BCUT2D eigenvalue weighted by Gasteiger charge is -2.18. The fourth-order valence-corrected chi connectivity index (χ4v) is 7.17. The number of esters is 2. The first-order valence-corrected chi connectivity index (χ1v) is 25.2. The van der Waals surface area contributed by atoms with Gasteiger partial charge in [-0.1, -0.05) is 243 Å². The summed E-state index contributed by atoms with van der Waals surface area (Å²) in [5.41, 5.74) is 0. The molecular weight excluding hydrogens is 717 g/mol. The third kappa shape index (κ3) is 46.5. The van der Waals surface area contributed by atoms with Crippen LogP contribution >= 0.6 is 0 Å². The van der Waals surface area contributed by atoms with Crippen molar-refractivity contribution in [3.05, 3.63) is 48.6 Å². The Bertz CT molecular complexity index is 966. The van der Waals surface area contributed by atoms with Gasteiger partial charge in [-0.25, -0.2) is 0 Å². The maximum atomic E-state index is 12.7. The average Bonchev–Trinajstić information content (AvgIpc) is 3.22. The topological polar surface area (TPSA) is 61.8 Å². The van der Waals surface area contributed by atoms with Crippen molar-refractivity contribution < 1.29 is 23.8 Å². The molecular formula is C53H96O5. The van der Waals surface area contributed by atoms with Crippen LogP contribution in [0.2, 0.25) is 0 Å². The molecule has 1 unspecified atom stereocenters. The van der Waals surface area contributed by atoms with Crippen molar-refractivity contribution in [2.75, 3.05) is 19.8 Å². The van der Waals surface area contributed by atoms with E-state index in [1.165, 1.54) is 161 Å². The number of unbranched alkanes of at least 4 members (excludes halogenated alkanes) is 27. The van der Waals surface area contributed by atoms with Gasteiger partial charge in [0, 0.05) is 19.4 Å². The van der Waals surface area contributed by atoms with Gasteiger partial charge in [0.15, 0.2) is 6.10 Å². The van der Waals surface area contributed by atoms with Gasteiger partial charge < -0.3 is 14.2 Å². The minimum absolute atomic E-state index is 0.0514. The first kappa shape index (κ1) is 55.9. The van der Waals surface area contributed by atoms with Gasteiger partial charge in [0.1, 0.15) is 6.61 Å². The van der Waals surface area contributed by atoms with Crippen LogP contribution in [0, 0.1) is 0 Å². The summed E-state index contributed by atoms with van der Waals surface area (Å²) in [6.45, 7) is 7.65. The van der Waals surface area contributed by atoms with Crippen molar-refractivity contribution in [2.24, 2.45) is 0 Å². The zero-order valence-electron chi connectivity index (χ0n) is 38.8. The van der Waals surface area contributed by atoms with E-state index in [0.29, 0.717) is 25.9 Å². The Balaban J connectivity index is 4.18. The summed E-state index contributed by atoms with van der Waals surface area (Å²) >= 11 is 0. The molecule has 0 aromatic heterocycles. The van der Waals surface area contributed by atoms with Gasteiger partial charge in [0.2, 0.25) is 0 Å². The average molecular weight is 813 g/mol. The lowest BCUT2D eigenvalue weighted by atomic mass is 10.0. The van der Waals surface area contributed by atoms with Gasteiger partial charge in [-0.3, -0.25) is 9.59 Å². The SMILES string of the molecule is CC/C=C\C/C=C\C/C=C\C/C=C\CCC(=O)OCC(COCCCCCCCCCCCCCCCCCCCCCC)OC(=O)CCCCCCCCCCC. The standard InChI is InChI=1S/C53H96O5/c1-4-7-10-13-16-19-21-23-24-25-26-27-28-29-31-33-36-39-42-45-48-56-49-51(58-53(55)47-44-41-38-34-18-15-12-9-6-3)50-57-52(54)46-43-40-37-35-32-30-22-20-17-14-11-8-5-2/h8,11,17,20,30,32,37,40,51H,4-7,9-10,12-16,18-19,21-29,31,33-36,38-39,41-50H2,1-3H3/b11-8-,20-17-,32-30-,40-37-. The highest BCUT2D eigenvalue weighted by atomic mass is 16.6. The van der Waals surface area contributed by atoms with Crippen LogP contribution in [0.3, 0.4) is 0 Å². The molecule has 0 amide bonds. The Morgan fingerprint density at radius 3 is 1.21 bits per heavy atom. The highest BCUT2D eigenvalue weighted by Crippen LogP contribution is 2.16. The third-order valence-electron chi connectivity index (χ3n) is 10.9. The van der Waals surface area contributed by atoms with Crippen LogP contribution in [0.5, 0.6) is 0 Å². The van der Waals surface area contributed by atoms with Crippen LogP contribution in [0.1, 0.15) is 252 Å². The predicted octanol–water partition coefficient (Wildman–Crippen LogP) is 16.8. The normalized spacial score (nSPS) is 12.5. The monoisotopic (exact) mass is 813 g/mol. The molecule has 0 bridgehead atoms. The van der Waals surface area contributed by atoms with Crippen molar-refractivity contribution >= 4 is 11.9 Å². The molecule has 0 fully saturated rings. The molecule has 58 heavy (non-hydrogen) atoms. The molecule has 5 nitrogen and oxygen atoms in total. The molecule has 0 saturated heterocycles. The van der Waals surface area contributed by atoms with Crippen molar-refractivity contribution in [3.8, 4) is 0 Å². The van der Waals surface area contributed by atoms with Gasteiger partial charge in [-0.15, -0.1) is 0 Å². The van der Waals surface area contributed by atoms with E-state index in [1.807, 2.05) is 6.08 Å². The summed E-state index contributed by atoms with van der Waals surface area (Å²) in [4.78, 5) is 25.2. The smallest absolute Gasteiger partial charge is 0.306 e. The van der Waals surface area contributed by atoms with Gasteiger partial charge >= 0.3 is 11.9 Å². The summed E-state index contributed by atoms with van der Waals surface area (Å²) in [5, 5.41) is 0. The number of carbonyl (C=O) groups excluding carboxylic acids is 2. The van der Waals surface area contributed by atoms with Gasteiger partial charge in [-0.2, -0.15) is 0 Å². The van der Waals surface area contributed by atoms with E-state index in [9.17, 15) is 9.59 Å². The van der Waals surface area contributed by atoms with E-state index < -0.39 is 6.10 Å². The molecule has 0 N–H and O–H groups in total. The molecule has 0 aromatic rings. The highest BCUT2D eigenvalue weighted by Gasteiger charge is 2.17. The molecule has 0 aromatic carbocycles. The maximum absolute atomic E-state index is 12.7. The van der Waals surface area contributed by atoms with E-state index in [4.69, 9.17) is 14.2 Å². The second kappa shape index (κ2) is 49.2. The number of ether oxygens (including phenoxy) is 3. The van der Waals surface area contributed by atoms with E-state index in [2.05, 4.69) is 63.3 Å². The Hall–Kier alpha value is -2.14. The molecule has 0 aliphatic heterocycles. The first-order chi connectivity index (χ1) is 28.6. The van der Waals surface area contributed by atoms with Crippen molar-refractivity contribution in [3.63, 3.8) is 0 Å². The van der Waals surface area contributed by atoms with E-state index >= 15 is 0 Å². The second-order valence-electron chi connectivity index (χ2n) is 16.7. The molecule has 0 aliphatic rings. The summed E-state index contributed by atoms with van der Waals surface area (Å²) in [6.07, 6.45) is 60.0. The fraction of sp³-hybridized carbons (Fsp3) is 0.811. The van der Waals surface area contributed by atoms with E-state index in [0.717, 1.165) is 51.4 Å². The van der Waals surface area contributed by atoms with Crippen LogP contribution in [0.25, 0.3) is 0 Å². The van der Waals surface area contributed by atoms with Gasteiger partial charge in [0.05, 0.1) is 6.61 Å². The molecule has 338 valence electrons. The summed E-state index contributed by atoms with van der Waals surface area (Å²) in [7, 11) is 0. The Labute approximate surface area is 361 Å². The van der Waals surface area contributed by atoms with Crippen molar-refractivity contribution in [1.82, 2.24) is 0 Å². The molecule has 5 heteroatoms. The summed E-state index contributed by atoms with van der Waals surface area (Å²) in [5.74, 6) is -0.484. The molecule has 0 heterocycles. The lowest BCUT2D eigenvalue weighted by molar-refractivity contribution is -0.162. The number of allylic oxidation sites excluding steroid dienone is 8. The molecule has 0 rings (SSSR count). The maximum Gasteiger partial charge on any atom is 0.306 e. The van der Waals surface area contributed by atoms with Crippen LogP contribution in [-0.2, 0) is 23.8 Å². The minimum atomic E-state index is -0.558. The summed E-state index contributed by atoms with van der Waals surface area (Å²) < 4.78 is 17.3. The van der Waals surface area contributed by atoms with E-state index in [-0.39, 0.29) is 25.2 Å². The van der Waals surface area contributed by atoms with Crippen LogP contribution in [0.15, 0.2) is 48.6 Å². The Kier molecular flexibility index (Phi) is 47.4. The third-order valence-corrected chi connectivity index (χ3v) is 10.9. The second-order valence-corrected chi connectivity index (χ2v) is 16.7. The molecule has 1 atom stereocenters. The van der Waals surface area contributed by atoms with Crippen molar-refractivity contribution in [1.29, 1.82) is 0 Å². The largest absolute Gasteiger partial charge is 0.462 e.